The normalized spacial score (nSPS) is 23.2. The molecule has 0 aromatic heterocycles. The zero-order valence-corrected chi connectivity index (χ0v) is 13.1. The number of rotatable bonds is 5. The van der Waals surface area contributed by atoms with Crippen LogP contribution >= 0.6 is 0 Å². The molecule has 1 aliphatic heterocycles. The summed E-state index contributed by atoms with van der Waals surface area (Å²) in [6, 6.07) is 6.34. The first-order valence-electron chi connectivity index (χ1n) is 7.49. The molecule has 0 saturated carbocycles. The van der Waals surface area contributed by atoms with Crippen molar-refractivity contribution in [3.05, 3.63) is 29.8 Å². The Labute approximate surface area is 130 Å². The van der Waals surface area contributed by atoms with Gasteiger partial charge in [0.2, 0.25) is 11.8 Å². The SMILES string of the molecule is CC(C(=O)Nc1ccc(C(N)=O)cc1)N1CCC(C)(CN)C1. The first kappa shape index (κ1) is 16.5. The number of nitrogens with zero attached hydrogens (tertiary/aromatic N) is 1. The zero-order chi connectivity index (χ0) is 16.3. The van der Waals surface area contributed by atoms with Gasteiger partial charge in [-0.1, -0.05) is 6.92 Å². The maximum absolute atomic E-state index is 12.3. The van der Waals surface area contributed by atoms with Crippen molar-refractivity contribution in [2.45, 2.75) is 26.3 Å². The second-order valence-electron chi connectivity index (χ2n) is 6.34. The van der Waals surface area contributed by atoms with E-state index in [9.17, 15) is 9.59 Å². The zero-order valence-electron chi connectivity index (χ0n) is 13.1. The van der Waals surface area contributed by atoms with Gasteiger partial charge in [0, 0.05) is 17.8 Å². The van der Waals surface area contributed by atoms with E-state index in [2.05, 4.69) is 17.1 Å². The molecule has 1 fully saturated rings. The molecule has 6 heteroatoms. The van der Waals surface area contributed by atoms with Gasteiger partial charge in [-0.25, -0.2) is 0 Å². The molecule has 0 spiro atoms. The fraction of sp³-hybridized carbons (Fsp3) is 0.500. The standard InChI is InChI=1S/C16H24N4O2/c1-11(20-8-7-16(2,9-17)10-20)15(22)19-13-5-3-12(4-6-13)14(18)21/h3-6,11H,7-10,17H2,1-2H3,(H2,18,21)(H,19,22). The molecule has 5 N–H and O–H groups in total. The third-order valence-corrected chi connectivity index (χ3v) is 4.44. The van der Waals surface area contributed by atoms with Gasteiger partial charge in [-0.3, -0.25) is 14.5 Å². The average Bonchev–Trinajstić information content (AvgIpc) is 2.90. The van der Waals surface area contributed by atoms with Crippen molar-refractivity contribution in [1.29, 1.82) is 0 Å². The second kappa shape index (κ2) is 6.46. The van der Waals surface area contributed by atoms with Crippen molar-refractivity contribution in [2.75, 3.05) is 25.0 Å². The van der Waals surface area contributed by atoms with E-state index in [0.717, 1.165) is 19.5 Å². The number of hydrogen-bond acceptors (Lipinski definition) is 4. The number of nitrogens with one attached hydrogen (secondary N) is 1. The molecule has 0 bridgehead atoms. The summed E-state index contributed by atoms with van der Waals surface area (Å²) >= 11 is 0. The number of anilines is 1. The minimum atomic E-state index is -0.482. The first-order valence-corrected chi connectivity index (χ1v) is 7.49. The third kappa shape index (κ3) is 3.64. The van der Waals surface area contributed by atoms with Crippen LogP contribution < -0.4 is 16.8 Å². The Bertz CT molecular complexity index is 558. The molecule has 1 saturated heterocycles. The summed E-state index contributed by atoms with van der Waals surface area (Å²) in [5.41, 5.74) is 12.2. The molecular weight excluding hydrogens is 280 g/mol. The van der Waals surface area contributed by atoms with E-state index in [1.807, 2.05) is 6.92 Å². The van der Waals surface area contributed by atoms with Gasteiger partial charge in [-0.2, -0.15) is 0 Å². The van der Waals surface area contributed by atoms with Gasteiger partial charge >= 0.3 is 0 Å². The lowest BCUT2D eigenvalue weighted by molar-refractivity contribution is -0.120. The Hall–Kier alpha value is -1.92. The predicted octanol–water partition coefficient (Wildman–Crippen LogP) is 0.783. The molecule has 1 heterocycles. The van der Waals surface area contributed by atoms with Crippen LogP contribution in [0.4, 0.5) is 5.69 Å². The summed E-state index contributed by atoms with van der Waals surface area (Å²) < 4.78 is 0. The lowest BCUT2D eigenvalue weighted by Gasteiger charge is -2.26. The van der Waals surface area contributed by atoms with Crippen LogP contribution in [0.15, 0.2) is 24.3 Å². The molecule has 1 aromatic rings. The average molecular weight is 304 g/mol. The molecule has 1 aliphatic rings. The maximum atomic E-state index is 12.3. The summed E-state index contributed by atoms with van der Waals surface area (Å²) in [5, 5.41) is 2.87. The van der Waals surface area contributed by atoms with Gasteiger partial charge in [0.15, 0.2) is 0 Å². The Balaban J connectivity index is 1.95. The Morgan fingerprint density at radius 3 is 2.50 bits per heavy atom. The number of benzene rings is 1. The highest BCUT2D eigenvalue weighted by atomic mass is 16.2. The lowest BCUT2D eigenvalue weighted by atomic mass is 9.90. The highest BCUT2D eigenvalue weighted by Gasteiger charge is 2.36. The summed E-state index contributed by atoms with van der Waals surface area (Å²) in [5.74, 6) is -0.544. The third-order valence-electron chi connectivity index (χ3n) is 4.44. The molecule has 6 nitrogen and oxygen atoms in total. The second-order valence-corrected chi connectivity index (χ2v) is 6.34. The van der Waals surface area contributed by atoms with E-state index in [1.54, 1.807) is 24.3 Å². The Kier molecular flexibility index (Phi) is 4.83. The van der Waals surface area contributed by atoms with Gasteiger partial charge in [0.05, 0.1) is 6.04 Å². The van der Waals surface area contributed by atoms with Crippen LogP contribution in [-0.2, 0) is 4.79 Å². The van der Waals surface area contributed by atoms with Gasteiger partial charge in [-0.15, -0.1) is 0 Å². The first-order chi connectivity index (χ1) is 10.3. The highest BCUT2D eigenvalue weighted by Crippen LogP contribution is 2.29. The lowest BCUT2D eigenvalue weighted by Crippen LogP contribution is -2.42. The molecule has 2 atom stereocenters. The molecule has 2 amide bonds. The van der Waals surface area contributed by atoms with Crippen LogP contribution in [0.3, 0.4) is 0 Å². The molecule has 0 aliphatic carbocycles. The van der Waals surface area contributed by atoms with E-state index in [-0.39, 0.29) is 17.4 Å². The summed E-state index contributed by atoms with van der Waals surface area (Å²) in [6.07, 6.45) is 1.01. The van der Waals surface area contributed by atoms with Crippen molar-refractivity contribution >= 4 is 17.5 Å². The van der Waals surface area contributed by atoms with Crippen molar-refractivity contribution in [1.82, 2.24) is 4.90 Å². The highest BCUT2D eigenvalue weighted by molar-refractivity contribution is 5.96. The number of likely N-dealkylation sites (tertiary alicyclic amines) is 1. The number of nitrogens with two attached hydrogens (primary N) is 2. The monoisotopic (exact) mass is 304 g/mol. The van der Waals surface area contributed by atoms with Crippen LogP contribution in [-0.4, -0.2) is 42.4 Å². The van der Waals surface area contributed by atoms with Gasteiger partial charge in [-0.05, 0) is 56.1 Å². The number of carbonyl (C=O) groups is 2. The Morgan fingerprint density at radius 1 is 1.36 bits per heavy atom. The van der Waals surface area contributed by atoms with Gasteiger partial charge < -0.3 is 16.8 Å². The van der Waals surface area contributed by atoms with Gasteiger partial charge in [0.25, 0.3) is 0 Å². The van der Waals surface area contributed by atoms with Crippen LogP contribution in [0.2, 0.25) is 0 Å². The summed E-state index contributed by atoms with van der Waals surface area (Å²) in [7, 11) is 0. The van der Waals surface area contributed by atoms with E-state index in [0.29, 0.717) is 17.8 Å². The van der Waals surface area contributed by atoms with Crippen molar-refractivity contribution < 1.29 is 9.59 Å². The van der Waals surface area contributed by atoms with Crippen LogP contribution in [0.25, 0.3) is 0 Å². The van der Waals surface area contributed by atoms with E-state index in [4.69, 9.17) is 11.5 Å². The Morgan fingerprint density at radius 2 is 2.00 bits per heavy atom. The summed E-state index contributed by atoms with van der Waals surface area (Å²) in [6.45, 7) is 6.39. The smallest absolute Gasteiger partial charge is 0.248 e. The van der Waals surface area contributed by atoms with Gasteiger partial charge in [0.1, 0.15) is 0 Å². The van der Waals surface area contributed by atoms with Crippen molar-refractivity contribution in [2.24, 2.45) is 16.9 Å². The number of amides is 2. The summed E-state index contributed by atoms with van der Waals surface area (Å²) in [4.78, 5) is 25.5. The number of primary amides is 1. The minimum Gasteiger partial charge on any atom is -0.366 e. The van der Waals surface area contributed by atoms with Crippen molar-refractivity contribution in [3.8, 4) is 0 Å². The molecule has 120 valence electrons. The largest absolute Gasteiger partial charge is 0.366 e. The van der Waals surface area contributed by atoms with E-state index < -0.39 is 5.91 Å². The molecule has 2 unspecified atom stereocenters. The molecule has 22 heavy (non-hydrogen) atoms. The topological polar surface area (TPSA) is 101 Å². The fourth-order valence-corrected chi connectivity index (χ4v) is 2.69. The molecule has 0 radical (unpaired) electrons. The minimum absolute atomic E-state index is 0.0619. The van der Waals surface area contributed by atoms with E-state index in [1.165, 1.54) is 0 Å². The number of carbonyl (C=O) groups excluding carboxylic acids is 2. The number of hydrogen-bond donors (Lipinski definition) is 3. The van der Waals surface area contributed by atoms with E-state index >= 15 is 0 Å². The molecule has 1 aromatic carbocycles. The van der Waals surface area contributed by atoms with Crippen molar-refractivity contribution in [3.63, 3.8) is 0 Å². The van der Waals surface area contributed by atoms with Crippen LogP contribution in [0.5, 0.6) is 0 Å². The fourth-order valence-electron chi connectivity index (χ4n) is 2.69. The molecule has 2 rings (SSSR count). The van der Waals surface area contributed by atoms with Crippen LogP contribution in [0.1, 0.15) is 30.6 Å². The molecular formula is C16H24N4O2. The quantitative estimate of drug-likeness (QED) is 0.748. The van der Waals surface area contributed by atoms with Crippen LogP contribution in [0, 0.1) is 5.41 Å². The predicted molar refractivity (Wildman–Crippen MR) is 86.4 cm³/mol. The maximum Gasteiger partial charge on any atom is 0.248 e.